The minimum atomic E-state index is 0.616. The van der Waals surface area contributed by atoms with Gasteiger partial charge in [-0.15, -0.1) is 0 Å². The van der Waals surface area contributed by atoms with Crippen LogP contribution < -0.4 is 14.5 Å². The maximum atomic E-state index is 9.26. The minimum absolute atomic E-state index is 0.616. The number of aromatic nitrogens is 3. The predicted molar refractivity (Wildman–Crippen MR) is 86.7 cm³/mol. The fourth-order valence-corrected chi connectivity index (χ4v) is 2.57. The van der Waals surface area contributed by atoms with Gasteiger partial charge in [0, 0.05) is 31.9 Å². The van der Waals surface area contributed by atoms with Gasteiger partial charge in [0.05, 0.1) is 25.1 Å². The largest absolute Gasteiger partial charge is 0.494 e. The fourth-order valence-electron chi connectivity index (χ4n) is 2.57. The topological polar surface area (TPSA) is 78.2 Å². The van der Waals surface area contributed by atoms with Crippen molar-refractivity contribution in [3.63, 3.8) is 0 Å². The van der Waals surface area contributed by atoms with Gasteiger partial charge in [-0.1, -0.05) is 0 Å². The third-order valence-corrected chi connectivity index (χ3v) is 3.85. The summed E-state index contributed by atoms with van der Waals surface area (Å²) >= 11 is 0. The van der Waals surface area contributed by atoms with E-state index in [9.17, 15) is 5.26 Å². The van der Waals surface area contributed by atoms with Crippen LogP contribution in [0.25, 0.3) is 0 Å². The molecule has 7 heteroatoms. The number of ether oxygens (including phenoxy) is 1. The average Bonchev–Trinajstić information content (AvgIpc) is 2.62. The molecule has 0 aliphatic carbocycles. The first-order valence-electron chi connectivity index (χ1n) is 7.45. The molecule has 7 nitrogen and oxygen atoms in total. The summed E-state index contributed by atoms with van der Waals surface area (Å²) in [5.74, 6) is 2.11. The van der Waals surface area contributed by atoms with Gasteiger partial charge in [0.25, 0.3) is 0 Å². The predicted octanol–water partition coefficient (Wildman–Crippen LogP) is 1.39. The van der Waals surface area contributed by atoms with Gasteiger partial charge in [-0.05, 0) is 19.1 Å². The molecule has 0 saturated carbocycles. The average molecular weight is 310 g/mol. The number of rotatable bonds is 3. The molecule has 0 bridgehead atoms. The van der Waals surface area contributed by atoms with E-state index in [0.717, 1.165) is 37.7 Å². The summed E-state index contributed by atoms with van der Waals surface area (Å²) in [4.78, 5) is 17.4. The molecule has 2 aromatic heterocycles. The maximum absolute atomic E-state index is 9.26. The molecule has 0 spiro atoms. The number of anilines is 2. The summed E-state index contributed by atoms with van der Waals surface area (Å²) < 4.78 is 5.08. The summed E-state index contributed by atoms with van der Waals surface area (Å²) in [6, 6.07) is 5.91. The molecule has 0 radical (unpaired) electrons. The van der Waals surface area contributed by atoms with Crippen molar-refractivity contribution in [1.82, 2.24) is 15.0 Å². The van der Waals surface area contributed by atoms with Crippen molar-refractivity contribution in [2.45, 2.75) is 6.92 Å². The Morgan fingerprint density at radius 3 is 2.35 bits per heavy atom. The van der Waals surface area contributed by atoms with Crippen LogP contribution in [0.3, 0.4) is 0 Å². The molecule has 3 rings (SSSR count). The van der Waals surface area contributed by atoms with Gasteiger partial charge in [0.15, 0.2) is 5.75 Å². The van der Waals surface area contributed by atoms with E-state index in [4.69, 9.17) is 4.74 Å². The molecule has 0 atom stereocenters. The van der Waals surface area contributed by atoms with Crippen molar-refractivity contribution in [2.24, 2.45) is 0 Å². The molecule has 118 valence electrons. The Bertz CT molecular complexity index is 716. The third-order valence-electron chi connectivity index (χ3n) is 3.85. The molecule has 1 aliphatic rings. The lowest BCUT2D eigenvalue weighted by molar-refractivity contribution is 0.410. The van der Waals surface area contributed by atoms with Crippen LogP contribution in [-0.2, 0) is 0 Å². The highest BCUT2D eigenvalue weighted by Gasteiger charge is 2.22. The zero-order valence-corrected chi connectivity index (χ0v) is 13.2. The second-order valence-electron chi connectivity index (χ2n) is 5.33. The molecule has 3 heterocycles. The van der Waals surface area contributed by atoms with E-state index >= 15 is 0 Å². The van der Waals surface area contributed by atoms with E-state index < -0.39 is 0 Å². The number of pyridine rings is 1. The smallest absolute Gasteiger partial charge is 0.225 e. The minimum Gasteiger partial charge on any atom is -0.494 e. The lowest BCUT2D eigenvalue weighted by Gasteiger charge is -2.35. The molecule has 0 aromatic carbocycles. The molecule has 0 unspecified atom stereocenters. The van der Waals surface area contributed by atoms with Crippen LogP contribution in [0.4, 0.5) is 11.8 Å². The molecule has 2 aromatic rings. The van der Waals surface area contributed by atoms with Crippen LogP contribution in [0, 0.1) is 18.3 Å². The van der Waals surface area contributed by atoms with Crippen LogP contribution in [0.5, 0.6) is 5.75 Å². The van der Waals surface area contributed by atoms with Crippen LogP contribution >= 0.6 is 0 Å². The summed E-state index contributed by atoms with van der Waals surface area (Å²) in [5, 5.41) is 9.26. The first kappa shape index (κ1) is 15.0. The van der Waals surface area contributed by atoms with Crippen molar-refractivity contribution < 1.29 is 4.74 Å². The molecule has 0 amide bonds. The Morgan fingerprint density at radius 1 is 1.09 bits per heavy atom. The highest BCUT2D eigenvalue weighted by Crippen LogP contribution is 2.21. The van der Waals surface area contributed by atoms with Crippen LogP contribution in [0.15, 0.2) is 24.5 Å². The number of methoxy groups -OCH3 is 1. The molecular formula is C16H18N6O. The molecule has 0 N–H and O–H groups in total. The Morgan fingerprint density at radius 2 is 1.74 bits per heavy atom. The second-order valence-corrected chi connectivity index (χ2v) is 5.33. The van der Waals surface area contributed by atoms with Gasteiger partial charge in [-0.25, -0.2) is 15.0 Å². The van der Waals surface area contributed by atoms with Gasteiger partial charge < -0.3 is 14.5 Å². The molecule has 1 saturated heterocycles. The number of hydrogen-bond acceptors (Lipinski definition) is 7. The van der Waals surface area contributed by atoms with Crippen molar-refractivity contribution in [3.05, 3.63) is 35.8 Å². The summed E-state index contributed by atoms with van der Waals surface area (Å²) in [6.07, 6.45) is 3.34. The Hall–Kier alpha value is -2.88. The number of nitriles is 1. The summed E-state index contributed by atoms with van der Waals surface area (Å²) in [5.41, 5.74) is 1.53. The van der Waals surface area contributed by atoms with Gasteiger partial charge in [0.1, 0.15) is 11.9 Å². The van der Waals surface area contributed by atoms with E-state index in [1.165, 1.54) is 0 Å². The number of nitrogens with zero attached hydrogens (tertiary/aromatic N) is 6. The van der Waals surface area contributed by atoms with E-state index in [-0.39, 0.29) is 0 Å². The summed E-state index contributed by atoms with van der Waals surface area (Å²) in [7, 11) is 1.60. The number of piperazine rings is 1. The van der Waals surface area contributed by atoms with E-state index in [2.05, 4.69) is 30.8 Å². The van der Waals surface area contributed by atoms with Gasteiger partial charge in [0.2, 0.25) is 5.95 Å². The van der Waals surface area contributed by atoms with Crippen molar-refractivity contribution >= 4 is 11.8 Å². The first-order valence-corrected chi connectivity index (χ1v) is 7.45. The van der Waals surface area contributed by atoms with E-state index in [1.807, 2.05) is 19.1 Å². The zero-order chi connectivity index (χ0) is 16.2. The molecule has 1 aliphatic heterocycles. The van der Waals surface area contributed by atoms with Gasteiger partial charge in [-0.2, -0.15) is 5.26 Å². The quantitative estimate of drug-likeness (QED) is 0.847. The SMILES string of the molecule is COc1cnc(N2CCN(c3nc(C)ccc3C#N)CC2)nc1. The maximum Gasteiger partial charge on any atom is 0.225 e. The zero-order valence-electron chi connectivity index (χ0n) is 13.2. The van der Waals surface area contributed by atoms with E-state index in [1.54, 1.807) is 19.5 Å². The van der Waals surface area contributed by atoms with E-state index in [0.29, 0.717) is 17.3 Å². The van der Waals surface area contributed by atoms with Gasteiger partial charge in [-0.3, -0.25) is 0 Å². The monoisotopic (exact) mass is 310 g/mol. The fraction of sp³-hybridized carbons (Fsp3) is 0.375. The highest BCUT2D eigenvalue weighted by atomic mass is 16.5. The Balaban J connectivity index is 1.71. The normalized spacial score (nSPS) is 14.5. The Labute approximate surface area is 135 Å². The first-order chi connectivity index (χ1) is 11.2. The van der Waals surface area contributed by atoms with Crippen LogP contribution in [-0.4, -0.2) is 48.2 Å². The summed E-state index contributed by atoms with van der Waals surface area (Å²) in [6.45, 7) is 5.06. The van der Waals surface area contributed by atoms with Gasteiger partial charge >= 0.3 is 0 Å². The second kappa shape index (κ2) is 6.48. The van der Waals surface area contributed by atoms with Crippen molar-refractivity contribution in [3.8, 4) is 11.8 Å². The Kier molecular flexibility index (Phi) is 4.24. The number of hydrogen-bond donors (Lipinski definition) is 0. The lowest BCUT2D eigenvalue weighted by Crippen LogP contribution is -2.47. The van der Waals surface area contributed by atoms with Crippen LogP contribution in [0.2, 0.25) is 0 Å². The standard InChI is InChI=1S/C16H18N6O/c1-12-3-4-13(9-17)15(20-12)21-5-7-22(8-6-21)16-18-10-14(23-2)11-19-16/h3-4,10-11H,5-8H2,1-2H3. The highest BCUT2D eigenvalue weighted by molar-refractivity contribution is 5.55. The molecule has 23 heavy (non-hydrogen) atoms. The van der Waals surface area contributed by atoms with Crippen molar-refractivity contribution in [1.29, 1.82) is 5.26 Å². The molecular weight excluding hydrogens is 292 g/mol. The lowest BCUT2D eigenvalue weighted by atomic mass is 10.2. The van der Waals surface area contributed by atoms with Crippen molar-refractivity contribution in [2.75, 3.05) is 43.1 Å². The third kappa shape index (κ3) is 3.16. The number of aryl methyl sites for hydroxylation is 1. The van der Waals surface area contributed by atoms with Crippen LogP contribution in [0.1, 0.15) is 11.3 Å². The molecule has 1 fully saturated rings.